The van der Waals surface area contributed by atoms with E-state index in [1.807, 2.05) is 0 Å². The molecule has 5 heteroatoms. The van der Waals surface area contributed by atoms with E-state index in [2.05, 4.69) is 0 Å². The van der Waals surface area contributed by atoms with Crippen LogP contribution in [0.15, 0.2) is 0 Å². The lowest BCUT2D eigenvalue weighted by Gasteiger charge is -2.09. The zero-order chi connectivity index (χ0) is 7.72. The van der Waals surface area contributed by atoms with E-state index in [1.54, 1.807) is 0 Å². The van der Waals surface area contributed by atoms with Gasteiger partial charge < -0.3 is 25.8 Å². The fourth-order valence-corrected chi connectivity index (χ4v) is 0.928. The van der Waals surface area contributed by atoms with Gasteiger partial charge in [-0.3, -0.25) is 0 Å². The minimum atomic E-state index is -1.09. The molecule has 0 aliphatic carbocycles. The molecule has 10 heavy (non-hydrogen) atoms. The van der Waals surface area contributed by atoms with Crippen LogP contribution in [0.5, 0.6) is 0 Å². The first-order valence-electron chi connectivity index (χ1n) is 3.05. The van der Waals surface area contributed by atoms with E-state index in [1.165, 1.54) is 0 Å². The Hall–Kier alpha value is -0.200. The Morgan fingerprint density at radius 1 is 1.30 bits per heavy atom. The van der Waals surface area contributed by atoms with E-state index in [4.69, 9.17) is 25.8 Å². The third kappa shape index (κ3) is 1.14. The van der Waals surface area contributed by atoms with Crippen LogP contribution in [0, 0.1) is 0 Å². The van der Waals surface area contributed by atoms with Crippen molar-refractivity contribution < 1.29 is 20.1 Å². The Bertz CT molecular complexity index is 120. The quantitative estimate of drug-likeness (QED) is 0.327. The number of hydrogen-bond acceptors (Lipinski definition) is 5. The predicted octanol–water partition coefficient (Wildman–Crippen LogP) is -2.62. The second-order valence-electron chi connectivity index (χ2n) is 2.30. The zero-order valence-corrected chi connectivity index (χ0v) is 5.34. The number of ether oxygens (including phenoxy) is 1. The minimum absolute atomic E-state index is 0.327. The fourth-order valence-electron chi connectivity index (χ4n) is 0.928. The smallest absolute Gasteiger partial charge is 0.135 e. The molecule has 0 amide bonds. The summed E-state index contributed by atoms with van der Waals surface area (Å²) in [4.78, 5) is 0. The Morgan fingerprint density at radius 3 is 2.10 bits per heavy atom. The van der Waals surface area contributed by atoms with Gasteiger partial charge in [0.2, 0.25) is 0 Å². The average Bonchev–Trinajstić information content (AvgIpc) is 2.17. The molecule has 5 N–H and O–H groups in total. The lowest BCUT2D eigenvalue weighted by Crippen LogP contribution is -2.37. The summed E-state index contributed by atoms with van der Waals surface area (Å²) in [5, 5.41) is 26.5. The fraction of sp³-hybridized carbons (Fsp3) is 1.00. The summed E-state index contributed by atoms with van der Waals surface area (Å²) in [5.41, 5.74) is 5.19. The summed E-state index contributed by atoms with van der Waals surface area (Å²) in [6.45, 7) is -0.327. The van der Waals surface area contributed by atoms with Crippen molar-refractivity contribution in [1.29, 1.82) is 0 Å². The molecule has 1 heterocycles. The lowest BCUT2D eigenvalue weighted by atomic mass is 10.1. The predicted molar refractivity (Wildman–Crippen MR) is 31.9 cm³/mol. The maximum absolute atomic E-state index is 9.01. The van der Waals surface area contributed by atoms with Crippen LogP contribution < -0.4 is 5.73 Å². The summed E-state index contributed by atoms with van der Waals surface area (Å²) in [7, 11) is 0. The van der Waals surface area contributed by atoms with Crippen LogP contribution in [-0.2, 0) is 4.74 Å². The molecule has 0 aromatic rings. The van der Waals surface area contributed by atoms with Crippen molar-refractivity contribution in [2.24, 2.45) is 5.73 Å². The summed E-state index contributed by atoms with van der Waals surface area (Å²) in [6, 6.07) is 0. The van der Waals surface area contributed by atoms with Crippen LogP contribution in [0.2, 0.25) is 0 Å². The number of rotatable bonds is 1. The third-order valence-corrected chi connectivity index (χ3v) is 1.58. The van der Waals surface area contributed by atoms with Crippen LogP contribution in [0.4, 0.5) is 0 Å². The summed E-state index contributed by atoms with van der Waals surface area (Å²) in [6.07, 6.45) is -3.78. The first kappa shape index (κ1) is 7.90. The van der Waals surface area contributed by atoms with Gasteiger partial charge in [-0.25, -0.2) is 0 Å². The topological polar surface area (TPSA) is 95.9 Å². The van der Waals surface area contributed by atoms with Crippen LogP contribution >= 0.6 is 0 Å². The molecule has 1 saturated heterocycles. The summed E-state index contributed by atoms with van der Waals surface area (Å²) < 4.78 is 4.76. The molecule has 60 valence electrons. The Morgan fingerprint density at radius 2 is 1.90 bits per heavy atom. The number of hydrogen-bond donors (Lipinski definition) is 4. The molecular formula is C5H11NO4. The van der Waals surface area contributed by atoms with Gasteiger partial charge in [0.25, 0.3) is 0 Å². The van der Waals surface area contributed by atoms with Crippen LogP contribution in [0.1, 0.15) is 0 Å². The molecule has 1 aliphatic rings. The van der Waals surface area contributed by atoms with E-state index in [-0.39, 0.29) is 6.61 Å². The van der Waals surface area contributed by atoms with Gasteiger partial charge in [-0.1, -0.05) is 0 Å². The largest absolute Gasteiger partial charge is 0.394 e. The molecule has 0 radical (unpaired) electrons. The van der Waals surface area contributed by atoms with Gasteiger partial charge >= 0.3 is 0 Å². The van der Waals surface area contributed by atoms with Gasteiger partial charge in [0.05, 0.1) is 6.61 Å². The molecule has 0 bridgehead atoms. The Labute approximate surface area is 58.0 Å². The molecule has 1 aliphatic heterocycles. The van der Waals surface area contributed by atoms with Crippen LogP contribution in [0.25, 0.3) is 0 Å². The molecule has 5 nitrogen and oxygen atoms in total. The van der Waals surface area contributed by atoms with Crippen LogP contribution in [0.3, 0.4) is 0 Å². The third-order valence-electron chi connectivity index (χ3n) is 1.58. The second kappa shape index (κ2) is 2.81. The van der Waals surface area contributed by atoms with Gasteiger partial charge in [0, 0.05) is 0 Å². The average molecular weight is 149 g/mol. The maximum atomic E-state index is 9.01. The summed E-state index contributed by atoms with van der Waals surface area (Å²) >= 11 is 0. The monoisotopic (exact) mass is 149 g/mol. The first-order chi connectivity index (χ1) is 4.66. The van der Waals surface area contributed by atoms with Crippen molar-refractivity contribution in [2.45, 2.75) is 24.5 Å². The van der Waals surface area contributed by atoms with Crippen molar-refractivity contribution in [1.82, 2.24) is 0 Å². The summed E-state index contributed by atoms with van der Waals surface area (Å²) in [5.74, 6) is 0. The maximum Gasteiger partial charge on any atom is 0.135 e. The molecule has 0 aromatic heterocycles. The highest BCUT2D eigenvalue weighted by Gasteiger charge is 2.39. The van der Waals surface area contributed by atoms with Gasteiger partial charge in [-0.2, -0.15) is 0 Å². The Balaban J connectivity index is 2.53. The van der Waals surface area contributed by atoms with E-state index in [0.717, 1.165) is 0 Å². The van der Waals surface area contributed by atoms with E-state index >= 15 is 0 Å². The number of aliphatic hydroxyl groups is 3. The standard InChI is InChI=1S/C5H11NO4/c6-5-4(9)3(8)2(1-7)10-5/h2-5,7-9H,1,6H2/t2-,3-,4-,5?/m0/s1. The molecule has 1 fully saturated rings. The number of nitrogens with two attached hydrogens (primary N) is 1. The molecular weight excluding hydrogens is 138 g/mol. The minimum Gasteiger partial charge on any atom is -0.394 e. The highest BCUT2D eigenvalue weighted by atomic mass is 16.6. The van der Waals surface area contributed by atoms with Gasteiger partial charge in [0.1, 0.15) is 24.5 Å². The SMILES string of the molecule is NC1O[C@@H](CO)[C@H](O)[C@@H]1O. The number of aliphatic hydroxyl groups excluding tert-OH is 3. The highest BCUT2D eigenvalue weighted by molar-refractivity contribution is 4.86. The van der Waals surface area contributed by atoms with Crippen molar-refractivity contribution in [3.63, 3.8) is 0 Å². The van der Waals surface area contributed by atoms with Gasteiger partial charge in [-0.15, -0.1) is 0 Å². The first-order valence-corrected chi connectivity index (χ1v) is 3.05. The zero-order valence-electron chi connectivity index (χ0n) is 5.34. The lowest BCUT2D eigenvalue weighted by molar-refractivity contribution is -0.0200. The van der Waals surface area contributed by atoms with Crippen molar-refractivity contribution in [3.8, 4) is 0 Å². The molecule has 4 atom stereocenters. The second-order valence-corrected chi connectivity index (χ2v) is 2.30. The van der Waals surface area contributed by atoms with Crippen molar-refractivity contribution in [2.75, 3.05) is 6.61 Å². The molecule has 1 unspecified atom stereocenters. The molecule has 0 aromatic carbocycles. The normalized spacial score (nSPS) is 48.0. The van der Waals surface area contributed by atoms with E-state index < -0.39 is 24.5 Å². The van der Waals surface area contributed by atoms with Crippen molar-refractivity contribution in [3.05, 3.63) is 0 Å². The van der Waals surface area contributed by atoms with Gasteiger partial charge in [0.15, 0.2) is 0 Å². The van der Waals surface area contributed by atoms with Crippen LogP contribution in [-0.4, -0.2) is 46.5 Å². The highest BCUT2D eigenvalue weighted by Crippen LogP contribution is 2.16. The van der Waals surface area contributed by atoms with Gasteiger partial charge in [-0.05, 0) is 0 Å². The Kier molecular flexibility index (Phi) is 2.22. The molecule has 1 rings (SSSR count). The van der Waals surface area contributed by atoms with Crippen molar-refractivity contribution >= 4 is 0 Å². The van der Waals surface area contributed by atoms with E-state index in [0.29, 0.717) is 0 Å². The van der Waals surface area contributed by atoms with E-state index in [9.17, 15) is 0 Å². The molecule has 0 spiro atoms. The molecule has 0 saturated carbocycles.